The van der Waals surface area contributed by atoms with Crippen LogP contribution in [0.25, 0.3) is 0 Å². The SMILES string of the molecule is CC(C)CCCOC(=O)C1CNC(=O)CN1. The van der Waals surface area contributed by atoms with Gasteiger partial charge in [0, 0.05) is 6.54 Å². The molecule has 0 aromatic rings. The molecule has 1 aliphatic heterocycles. The van der Waals surface area contributed by atoms with E-state index in [1.165, 1.54) is 0 Å². The Hall–Kier alpha value is -1.10. The van der Waals surface area contributed by atoms with Gasteiger partial charge in [0.1, 0.15) is 6.04 Å². The van der Waals surface area contributed by atoms with Crippen LogP contribution in [0.1, 0.15) is 26.7 Å². The summed E-state index contributed by atoms with van der Waals surface area (Å²) in [6, 6.07) is -0.392. The lowest BCUT2D eigenvalue weighted by Gasteiger charge is -2.22. The average Bonchev–Trinajstić information content (AvgIpc) is 2.25. The van der Waals surface area contributed by atoms with Gasteiger partial charge in [0.15, 0.2) is 0 Å². The second-order valence-electron chi connectivity index (χ2n) is 4.44. The Morgan fingerprint density at radius 3 is 2.88 bits per heavy atom. The lowest BCUT2D eigenvalue weighted by Crippen LogP contribution is -2.55. The molecule has 5 nitrogen and oxygen atoms in total. The van der Waals surface area contributed by atoms with Gasteiger partial charge in [-0.15, -0.1) is 0 Å². The molecule has 1 fully saturated rings. The van der Waals surface area contributed by atoms with Gasteiger partial charge < -0.3 is 10.1 Å². The Bertz CT molecular complexity index is 244. The maximum Gasteiger partial charge on any atom is 0.324 e. The van der Waals surface area contributed by atoms with E-state index in [1.54, 1.807) is 0 Å². The van der Waals surface area contributed by atoms with E-state index in [4.69, 9.17) is 4.74 Å². The smallest absolute Gasteiger partial charge is 0.324 e. The first kappa shape index (κ1) is 13.0. The molecular weight excluding hydrogens is 208 g/mol. The number of carbonyl (C=O) groups excluding carboxylic acids is 2. The standard InChI is InChI=1S/C11H20N2O3/c1-8(2)4-3-5-16-11(15)9-6-13-10(14)7-12-9/h8-9,12H,3-7H2,1-2H3,(H,13,14). The van der Waals surface area contributed by atoms with Gasteiger partial charge >= 0.3 is 5.97 Å². The molecule has 1 unspecified atom stereocenters. The first-order chi connectivity index (χ1) is 7.59. The number of hydrogen-bond acceptors (Lipinski definition) is 4. The minimum Gasteiger partial charge on any atom is -0.464 e. The van der Waals surface area contributed by atoms with Crippen LogP contribution in [-0.4, -0.2) is 37.6 Å². The van der Waals surface area contributed by atoms with E-state index >= 15 is 0 Å². The third-order valence-corrected chi connectivity index (χ3v) is 2.47. The summed E-state index contributed by atoms with van der Waals surface area (Å²) in [5.74, 6) is 0.276. The molecule has 0 aromatic carbocycles. The van der Waals surface area contributed by atoms with Gasteiger partial charge in [-0.05, 0) is 18.8 Å². The maximum atomic E-state index is 11.5. The predicted octanol–water partition coefficient (Wildman–Crippen LogP) is 0.0538. The van der Waals surface area contributed by atoms with Gasteiger partial charge in [-0.1, -0.05) is 13.8 Å². The Morgan fingerprint density at radius 1 is 1.56 bits per heavy atom. The van der Waals surface area contributed by atoms with Crippen LogP contribution in [0.2, 0.25) is 0 Å². The average molecular weight is 228 g/mol. The molecule has 0 bridgehead atoms. The lowest BCUT2D eigenvalue weighted by atomic mass is 10.1. The zero-order valence-electron chi connectivity index (χ0n) is 9.91. The van der Waals surface area contributed by atoms with Crippen LogP contribution in [0.15, 0.2) is 0 Å². The number of nitrogens with one attached hydrogen (secondary N) is 2. The molecule has 2 N–H and O–H groups in total. The molecule has 0 radical (unpaired) electrons. The van der Waals surface area contributed by atoms with Crippen molar-refractivity contribution in [1.82, 2.24) is 10.6 Å². The Balaban J connectivity index is 2.12. The van der Waals surface area contributed by atoms with Crippen molar-refractivity contribution in [2.75, 3.05) is 19.7 Å². The molecule has 0 saturated carbocycles. The normalized spacial score (nSPS) is 20.7. The van der Waals surface area contributed by atoms with Crippen LogP contribution in [-0.2, 0) is 14.3 Å². The Labute approximate surface area is 95.9 Å². The lowest BCUT2D eigenvalue weighted by molar-refractivity contribution is -0.147. The van der Waals surface area contributed by atoms with Crippen molar-refractivity contribution in [3.05, 3.63) is 0 Å². The van der Waals surface area contributed by atoms with E-state index in [1.807, 2.05) is 0 Å². The molecule has 1 aliphatic rings. The third-order valence-electron chi connectivity index (χ3n) is 2.47. The van der Waals surface area contributed by atoms with E-state index < -0.39 is 6.04 Å². The maximum absolute atomic E-state index is 11.5. The van der Waals surface area contributed by atoms with Gasteiger partial charge in [0.2, 0.25) is 5.91 Å². The van der Waals surface area contributed by atoms with Crippen LogP contribution < -0.4 is 10.6 Å². The quantitative estimate of drug-likeness (QED) is 0.515. The van der Waals surface area contributed by atoms with Crippen molar-refractivity contribution in [3.8, 4) is 0 Å². The minimum absolute atomic E-state index is 0.0798. The van der Waals surface area contributed by atoms with E-state index in [0.29, 0.717) is 19.1 Å². The molecule has 1 saturated heterocycles. The number of esters is 1. The molecule has 1 atom stereocenters. The third kappa shape index (κ3) is 4.61. The Kier molecular flexibility index (Phi) is 5.25. The molecule has 16 heavy (non-hydrogen) atoms. The van der Waals surface area contributed by atoms with E-state index in [2.05, 4.69) is 24.5 Å². The van der Waals surface area contributed by atoms with E-state index in [0.717, 1.165) is 12.8 Å². The second-order valence-corrected chi connectivity index (χ2v) is 4.44. The van der Waals surface area contributed by atoms with Crippen molar-refractivity contribution in [2.45, 2.75) is 32.7 Å². The van der Waals surface area contributed by atoms with Gasteiger partial charge in [-0.2, -0.15) is 0 Å². The molecule has 5 heteroatoms. The first-order valence-electron chi connectivity index (χ1n) is 5.76. The highest BCUT2D eigenvalue weighted by atomic mass is 16.5. The number of ether oxygens (including phenoxy) is 1. The summed E-state index contributed by atoms with van der Waals surface area (Å²) in [5, 5.41) is 5.45. The van der Waals surface area contributed by atoms with Gasteiger partial charge in [0.05, 0.1) is 13.2 Å². The molecule has 1 amide bonds. The number of hydrogen-bond donors (Lipinski definition) is 2. The fourth-order valence-corrected chi connectivity index (χ4v) is 1.50. The predicted molar refractivity (Wildman–Crippen MR) is 59.8 cm³/mol. The summed E-state index contributed by atoms with van der Waals surface area (Å²) >= 11 is 0. The molecule has 0 spiro atoms. The summed E-state index contributed by atoms with van der Waals surface area (Å²) in [6.07, 6.45) is 1.95. The van der Waals surface area contributed by atoms with E-state index in [-0.39, 0.29) is 18.4 Å². The van der Waals surface area contributed by atoms with Gasteiger partial charge in [-0.3, -0.25) is 14.9 Å². The zero-order chi connectivity index (χ0) is 12.0. The zero-order valence-corrected chi connectivity index (χ0v) is 9.91. The Morgan fingerprint density at radius 2 is 2.31 bits per heavy atom. The highest BCUT2D eigenvalue weighted by Gasteiger charge is 2.24. The summed E-state index contributed by atoms with van der Waals surface area (Å²) in [5.41, 5.74) is 0. The van der Waals surface area contributed by atoms with Crippen LogP contribution >= 0.6 is 0 Å². The number of carbonyl (C=O) groups is 2. The van der Waals surface area contributed by atoms with Crippen LogP contribution in [0.4, 0.5) is 0 Å². The molecule has 92 valence electrons. The highest BCUT2D eigenvalue weighted by Crippen LogP contribution is 2.03. The fourth-order valence-electron chi connectivity index (χ4n) is 1.50. The van der Waals surface area contributed by atoms with Crippen LogP contribution in [0.3, 0.4) is 0 Å². The summed E-state index contributed by atoms with van der Waals surface area (Å²) in [7, 11) is 0. The van der Waals surface area contributed by atoms with Gasteiger partial charge in [-0.25, -0.2) is 0 Å². The fraction of sp³-hybridized carbons (Fsp3) is 0.818. The number of piperazine rings is 1. The largest absolute Gasteiger partial charge is 0.464 e. The second kappa shape index (κ2) is 6.48. The minimum atomic E-state index is -0.392. The van der Waals surface area contributed by atoms with Crippen molar-refractivity contribution < 1.29 is 14.3 Å². The van der Waals surface area contributed by atoms with Crippen LogP contribution in [0.5, 0.6) is 0 Å². The molecular formula is C11H20N2O3. The first-order valence-corrected chi connectivity index (χ1v) is 5.76. The van der Waals surface area contributed by atoms with E-state index in [9.17, 15) is 9.59 Å². The summed E-state index contributed by atoms with van der Waals surface area (Å²) < 4.78 is 5.11. The monoisotopic (exact) mass is 228 g/mol. The van der Waals surface area contributed by atoms with Crippen molar-refractivity contribution >= 4 is 11.9 Å². The number of rotatable bonds is 5. The number of amides is 1. The molecule has 0 aliphatic carbocycles. The van der Waals surface area contributed by atoms with Crippen molar-refractivity contribution in [1.29, 1.82) is 0 Å². The van der Waals surface area contributed by atoms with Crippen molar-refractivity contribution in [2.24, 2.45) is 5.92 Å². The van der Waals surface area contributed by atoms with Gasteiger partial charge in [0.25, 0.3) is 0 Å². The molecule has 1 heterocycles. The van der Waals surface area contributed by atoms with Crippen LogP contribution in [0, 0.1) is 5.92 Å². The summed E-state index contributed by atoms with van der Waals surface area (Å²) in [4.78, 5) is 22.4. The highest BCUT2D eigenvalue weighted by molar-refractivity contribution is 5.83. The summed E-state index contributed by atoms with van der Waals surface area (Å²) in [6.45, 7) is 5.25. The molecule has 1 rings (SSSR count). The molecule has 0 aromatic heterocycles. The van der Waals surface area contributed by atoms with Crippen molar-refractivity contribution in [3.63, 3.8) is 0 Å². The topological polar surface area (TPSA) is 67.4 Å².